The fourth-order valence-electron chi connectivity index (χ4n) is 11.6. The van der Waals surface area contributed by atoms with Crippen molar-refractivity contribution in [3.05, 3.63) is 75.9 Å². The number of likely N-dealkylation sites (N-methyl/N-ethyl adjacent to an activating group) is 2. The molecule has 0 aliphatic carbocycles. The maximum Gasteiger partial charge on any atom is 0.407 e. The number of unbranched alkanes of at least 4 members (excludes halogenated alkanes) is 3. The van der Waals surface area contributed by atoms with Gasteiger partial charge in [0.1, 0.15) is 22.3 Å². The normalized spacial score (nSPS) is 16.6. The van der Waals surface area contributed by atoms with Gasteiger partial charge in [-0.3, -0.25) is 48.1 Å². The average Bonchev–Trinajstić information content (AvgIpc) is 3.42. The number of amides is 5. The predicted octanol–water partition coefficient (Wildman–Crippen LogP) is 10.8. The summed E-state index contributed by atoms with van der Waals surface area (Å²) in [4.78, 5) is 132. The van der Waals surface area contributed by atoms with Crippen LogP contribution >= 0.6 is 11.3 Å². The Bertz CT molecular complexity index is 2670. The molecule has 1 fully saturated rings. The molecule has 1 saturated heterocycles. The lowest BCUT2D eigenvalue weighted by atomic mass is 9.82. The number of ketones is 4. The third-order valence-corrected chi connectivity index (χ3v) is 18.5. The van der Waals surface area contributed by atoms with E-state index in [1.807, 2.05) is 38.1 Å². The molecule has 21 heteroatoms. The quantitative estimate of drug-likeness (QED) is 0.0389. The van der Waals surface area contributed by atoms with E-state index in [2.05, 4.69) is 85.9 Å². The summed E-state index contributed by atoms with van der Waals surface area (Å²) < 4.78 is 5.16. The number of primary amides is 1. The summed E-state index contributed by atoms with van der Waals surface area (Å²) in [6.07, 6.45) is 15.0. The Hall–Kier alpha value is -6.45. The van der Waals surface area contributed by atoms with E-state index in [1.165, 1.54) is 30.9 Å². The molecule has 1 aromatic carbocycles. The number of alkyl carbamates (subject to hydrolysis) is 1. The Morgan fingerprint density at radius 3 is 2.04 bits per heavy atom. The number of rotatable bonds is 39. The van der Waals surface area contributed by atoms with Crippen molar-refractivity contribution >= 4 is 70.2 Å². The number of carbonyl (C=O) groups is 10. The highest BCUT2D eigenvalue weighted by atomic mass is 32.1. The lowest BCUT2D eigenvalue weighted by molar-refractivity contribution is -0.144. The number of carboxylic acids is 1. The van der Waals surface area contributed by atoms with Crippen LogP contribution in [0.3, 0.4) is 0 Å². The van der Waals surface area contributed by atoms with Crippen LogP contribution in [0.1, 0.15) is 218 Å². The average molecular weight is 1290 g/mol. The van der Waals surface area contributed by atoms with Gasteiger partial charge in [0, 0.05) is 93.3 Å². The van der Waals surface area contributed by atoms with Gasteiger partial charge in [-0.2, -0.15) is 0 Å². The Kier molecular flexibility index (Phi) is 37.8. The zero-order valence-electron chi connectivity index (χ0n) is 57.4. The molecule has 4 rings (SSSR count). The van der Waals surface area contributed by atoms with Gasteiger partial charge in [-0.15, -0.1) is 11.3 Å². The van der Waals surface area contributed by atoms with Crippen LogP contribution in [0.5, 0.6) is 0 Å². The fourth-order valence-corrected chi connectivity index (χ4v) is 12.4. The Balaban J connectivity index is 0.000000496. The number of piperidine rings is 1. The number of carboxylic acid groups (broad SMARTS) is 1. The topological polar surface area (TPSA) is 285 Å². The van der Waals surface area contributed by atoms with Crippen molar-refractivity contribution in [2.45, 2.75) is 228 Å². The second-order valence-electron chi connectivity index (χ2n) is 25.5. The van der Waals surface area contributed by atoms with Gasteiger partial charge in [0.2, 0.25) is 11.8 Å². The number of likely N-dealkylation sites (tertiary alicyclic amines) is 1. The van der Waals surface area contributed by atoms with Gasteiger partial charge in [-0.1, -0.05) is 119 Å². The number of hydrogen-bond acceptors (Lipinski definition) is 15. The molecule has 0 saturated carbocycles. The zero-order chi connectivity index (χ0) is 68.5. The molecule has 9 atom stereocenters. The molecule has 5 amide bonds. The van der Waals surface area contributed by atoms with Gasteiger partial charge in [-0.25, -0.2) is 9.78 Å². The first-order chi connectivity index (χ1) is 43.0. The minimum atomic E-state index is -0.965. The Labute approximate surface area is 547 Å². The minimum Gasteiger partial charge on any atom is -0.481 e. The summed E-state index contributed by atoms with van der Waals surface area (Å²) in [5.41, 5.74) is 7.77. The van der Waals surface area contributed by atoms with Gasteiger partial charge in [-0.05, 0) is 134 Å². The first-order valence-corrected chi connectivity index (χ1v) is 34.1. The molecule has 6 N–H and O–H groups in total. The van der Waals surface area contributed by atoms with E-state index in [4.69, 9.17) is 10.5 Å². The molecule has 3 heterocycles. The highest BCUT2D eigenvalue weighted by Gasteiger charge is 2.37. The first-order valence-electron chi connectivity index (χ1n) is 33.2. The third kappa shape index (κ3) is 28.9. The van der Waals surface area contributed by atoms with Crippen LogP contribution in [0.4, 0.5) is 4.79 Å². The number of hydrogen-bond donors (Lipinski definition) is 5. The van der Waals surface area contributed by atoms with E-state index < -0.39 is 36.0 Å². The van der Waals surface area contributed by atoms with Crippen molar-refractivity contribution in [3.8, 4) is 0 Å². The minimum absolute atomic E-state index is 0.00445. The molecule has 2 aliphatic rings. The highest BCUT2D eigenvalue weighted by molar-refractivity contribution is 7.09. The molecule has 2 aromatic rings. The lowest BCUT2D eigenvalue weighted by Gasteiger charge is -2.38. The number of ether oxygens (including phenoxy) is 1. The van der Waals surface area contributed by atoms with Crippen LogP contribution in [0, 0.1) is 35.5 Å². The highest BCUT2D eigenvalue weighted by Crippen LogP contribution is 2.29. The van der Waals surface area contributed by atoms with Crippen molar-refractivity contribution in [3.63, 3.8) is 0 Å². The van der Waals surface area contributed by atoms with E-state index in [9.17, 15) is 53.1 Å². The number of Topliss-reactive ketones (excluding diaryl/α,β-unsaturated/α-hetero) is 4. The van der Waals surface area contributed by atoms with Crippen molar-refractivity contribution < 1.29 is 57.8 Å². The summed E-state index contributed by atoms with van der Waals surface area (Å²) >= 11 is 1.18. The van der Waals surface area contributed by atoms with E-state index in [0.29, 0.717) is 68.8 Å². The van der Waals surface area contributed by atoms with Crippen LogP contribution in [-0.4, -0.2) is 149 Å². The smallest absolute Gasteiger partial charge is 0.407 e. The van der Waals surface area contributed by atoms with E-state index in [1.54, 1.807) is 44.2 Å². The summed E-state index contributed by atoms with van der Waals surface area (Å²) in [7, 11) is 5.23. The van der Waals surface area contributed by atoms with Gasteiger partial charge in [0.05, 0.1) is 18.0 Å². The van der Waals surface area contributed by atoms with E-state index in [0.717, 1.165) is 81.3 Å². The molecule has 0 spiro atoms. The second-order valence-corrected chi connectivity index (χ2v) is 26.4. The summed E-state index contributed by atoms with van der Waals surface area (Å²) in [5.74, 6) is -1.15. The number of nitrogens with one attached hydrogen (secondary N) is 3. The fraction of sp³-hybridized carbons (Fsp3) is 0.671. The van der Waals surface area contributed by atoms with Crippen LogP contribution in [0.25, 0.3) is 0 Å². The van der Waals surface area contributed by atoms with Crippen LogP contribution in [0.2, 0.25) is 0 Å². The molecule has 0 radical (unpaired) electrons. The van der Waals surface area contributed by atoms with Crippen molar-refractivity contribution in [2.75, 3.05) is 40.8 Å². The van der Waals surface area contributed by atoms with Crippen LogP contribution < -0.4 is 21.7 Å². The van der Waals surface area contributed by atoms with E-state index >= 15 is 0 Å². The molecule has 510 valence electrons. The predicted molar refractivity (Wildman–Crippen MR) is 359 cm³/mol. The number of thiazole rings is 1. The molecule has 91 heavy (non-hydrogen) atoms. The first kappa shape index (κ1) is 80.6. The van der Waals surface area contributed by atoms with Crippen molar-refractivity contribution in [1.29, 1.82) is 0 Å². The number of aliphatic carboxylic acids is 1. The van der Waals surface area contributed by atoms with Gasteiger partial charge < -0.3 is 41.3 Å². The molecule has 2 aliphatic heterocycles. The number of allylic oxidation sites excluding steroid dienone is 1. The van der Waals surface area contributed by atoms with Crippen LogP contribution in [-0.2, 0) is 55.9 Å². The summed E-state index contributed by atoms with van der Waals surface area (Å²) in [5, 5.41) is 19.8. The standard InChI is InChI=1S/C29H41N5O7S.C23H44N2O2.C18H27NO3/c1-17(28(38)39)13-21(33-26(37)23-16-42-27(34-23)18(2)41-29(40)32-4)14-19-9-11-20(12-10-19)15-24(35)22(31-3)7-5-6-8-25(30)36;1-8-14-25(20(10-3)17(4)5)23(27)19(18(6)9-2)16-22(26)21-13-11-12-15-24(21)7;1-13(2)17(15(4)20)12-16(21)8-6-5-7-11-19-14(3)9-10-18(19)22/h9-12,16-18,21-22,31H,5-8,13-15H2,1-4H3,(H2,30,36)(H,32,40)(H,33,37)(H,38,39);17-21H,8-16H2,1-7H3;9-10,13,17H,3,5-8,11-12H2,1-2,4H3/t17-,18+,21+,22-;18-,19+,20+,21-;17-/m000/s1. The number of aromatic nitrogens is 1. The summed E-state index contributed by atoms with van der Waals surface area (Å²) in [6, 6.07) is 6.90. The molecule has 1 aromatic heterocycles. The number of benzene rings is 1. The molecular formula is C70H112N8O12S. The van der Waals surface area contributed by atoms with Crippen LogP contribution in [0.15, 0.2) is 54.1 Å². The monoisotopic (exact) mass is 1290 g/mol. The number of nitrogens with zero attached hydrogens (tertiary/aromatic N) is 4. The lowest BCUT2D eigenvalue weighted by Crippen LogP contribution is -2.49. The number of nitrogens with two attached hydrogens (primary N) is 1. The number of carbonyl (C=O) groups excluding carboxylic acids is 9. The van der Waals surface area contributed by atoms with Gasteiger partial charge in [0.25, 0.3) is 11.8 Å². The van der Waals surface area contributed by atoms with Crippen molar-refractivity contribution in [1.82, 2.24) is 35.6 Å². The Morgan fingerprint density at radius 1 is 0.846 bits per heavy atom. The largest absolute Gasteiger partial charge is 0.481 e. The molecule has 0 bridgehead atoms. The van der Waals surface area contributed by atoms with Gasteiger partial charge >= 0.3 is 12.1 Å². The Morgan fingerprint density at radius 2 is 1.51 bits per heavy atom. The van der Waals surface area contributed by atoms with E-state index in [-0.39, 0.29) is 101 Å². The van der Waals surface area contributed by atoms with Crippen molar-refractivity contribution in [2.24, 2.45) is 41.2 Å². The zero-order valence-corrected chi connectivity index (χ0v) is 58.2. The maximum atomic E-state index is 13.6. The SMILES string of the molecule is C=C1C=CC(=O)N1CCCCCC(=O)C[C@H](C(C)=O)C(C)C.CCCN(C(=O)[C@H](CC(=O)[C@@H]1CCCCN1C)[C@@H](C)CC)[C@H](CC)C(C)C.CNC(=O)O[C@H](C)c1nc(C(=O)N[C@@H](Cc2ccc(CC(=O)[C@H](CCCCC(N)=O)NC)cc2)C[C@H](C)C(=O)O)cs1. The molecular weight excluding hydrogens is 1180 g/mol. The summed E-state index contributed by atoms with van der Waals surface area (Å²) in [6.45, 7) is 28.0. The van der Waals surface area contributed by atoms with Gasteiger partial charge in [0.15, 0.2) is 17.7 Å². The second kappa shape index (κ2) is 42.6. The maximum absolute atomic E-state index is 13.6. The third-order valence-electron chi connectivity index (χ3n) is 17.5. The molecule has 0 unspecified atom stereocenters. The molecule has 20 nitrogen and oxygen atoms in total.